The maximum Gasteiger partial charge on any atom is 0.183 e. The summed E-state index contributed by atoms with van der Waals surface area (Å²) in [4.78, 5) is 12.1. The molecule has 0 bridgehead atoms. The van der Waals surface area contributed by atoms with Crippen molar-refractivity contribution in [1.29, 1.82) is 5.26 Å². The van der Waals surface area contributed by atoms with Crippen LogP contribution in [0.15, 0.2) is 48.1 Å². The molecular formula is C18H15N5S. The van der Waals surface area contributed by atoms with Crippen LogP contribution in [0.25, 0.3) is 0 Å². The van der Waals surface area contributed by atoms with E-state index in [1.807, 2.05) is 29.5 Å². The SMILES string of the molecule is N#Cc1nccnc1Nc1ccc(N2CCc3sccc3C2)cc1. The molecule has 1 aliphatic heterocycles. The summed E-state index contributed by atoms with van der Waals surface area (Å²) >= 11 is 1.85. The molecule has 2 aromatic heterocycles. The van der Waals surface area contributed by atoms with Gasteiger partial charge >= 0.3 is 0 Å². The van der Waals surface area contributed by atoms with Crippen LogP contribution in [0.2, 0.25) is 0 Å². The van der Waals surface area contributed by atoms with E-state index in [4.69, 9.17) is 5.26 Å². The van der Waals surface area contributed by atoms with Crippen LogP contribution in [-0.2, 0) is 13.0 Å². The molecule has 24 heavy (non-hydrogen) atoms. The Labute approximate surface area is 144 Å². The molecular weight excluding hydrogens is 318 g/mol. The Morgan fingerprint density at radius 3 is 2.79 bits per heavy atom. The molecule has 1 aliphatic rings. The number of rotatable bonds is 3. The number of anilines is 3. The molecule has 0 unspecified atom stereocenters. The number of aromatic nitrogens is 2. The number of nitriles is 1. The van der Waals surface area contributed by atoms with Gasteiger partial charge in [0.05, 0.1) is 0 Å². The highest BCUT2D eigenvalue weighted by Gasteiger charge is 2.17. The smallest absolute Gasteiger partial charge is 0.183 e. The molecule has 4 rings (SSSR count). The summed E-state index contributed by atoms with van der Waals surface area (Å²) in [5, 5.41) is 14.4. The van der Waals surface area contributed by atoms with Crippen LogP contribution >= 0.6 is 11.3 Å². The third kappa shape index (κ3) is 2.82. The average Bonchev–Trinajstić information content (AvgIpc) is 3.10. The second-order valence-electron chi connectivity index (χ2n) is 5.58. The van der Waals surface area contributed by atoms with Gasteiger partial charge < -0.3 is 10.2 Å². The van der Waals surface area contributed by atoms with Crippen molar-refractivity contribution >= 4 is 28.5 Å². The van der Waals surface area contributed by atoms with Gasteiger partial charge in [-0.3, -0.25) is 0 Å². The molecule has 6 heteroatoms. The Balaban J connectivity index is 1.50. The molecule has 0 atom stereocenters. The van der Waals surface area contributed by atoms with Gasteiger partial charge in [0.1, 0.15) is 6.07 Å². The Morgan fingerprint density at radius 2 is 1.96 bits per heavy atom. The lowest BCUT2D eigenvalue weighted by molar-refractivity contribution is 0.744. The molecule has 3 heterocycles. The van der Waals surface area contributed by atoms with Gasteiger partial charge in [-0.1, -0.05) is 0 Å². The summed E-state index contributed by atoms with van der Waals surface area (Å²) in [5.74, 6) is 0.480. The van der Waals surface area contributed by atoms with E-state index in [2.05, 4.69) is 43.8 Å². The molecule has 0 radical (unpaired) electrons. The van der Waals surface area contributed by atoms with Crippen molar-refractivity contribution < 1.29 is 0 Å². The minimum Gasteiger partial charge on any atom is -0.367 e. The molecule has 0 fully saturated rings. The van der Waals surface area contributed by atoms with Crippen molar-refractivity contribution in [2.45, 2.75) is 13.0 Å². The van der Waals surface area contributed by atoms with Gasteiger partial charge in [-0.15, -0.1) is 11.3 Å². The number of benzene rings is 1. The summed E-state index contributed by atoms with van der Waals surface area (Å²) < 4.78 is 0. The van der Waals surface area contributed by atoms with Crippen LogP contribution in [0.5, 0.6) is 0 Å². The highest BCUT2D eigenvalue weighted by molar-refractivity contribution is 7.10. The summed E-state index contributed by atoms with van der Waals surface area (Å²) in [6.45, 7) is 2.01. The van der Waals surface area contributed by atoms with Gasteiger partial charge in [0.25, 0.3) is 0 Å². The summed E-state index contributed by atoms with van der Waals surface area (Å²) in [7, 11) is 0. The number of nitrogens with one attached hydrogen (secondary N) is 1. The lowest BCUT2D eigenvalue weighted by Gasteiger charge is -2.29. The fourth-order valence-corrected chi connectivity index (χ4v) is 3.76. The molecule has 3 aromatic rings. The first kappa shape index (κ1) is 14.7. The quantitative estimate of drug-likeness (QED) is 0.791. The van der Waals surface area contributed by atoms with Gasteiger partial charge in [-0.2, -0.15) is 5.26 Å². The minimum absolute atomic E-state index is 0.294. The highest BCUT2D eigenvalue weighted by Crippen LogP contribution is 2.29. The predicted octanol–water partition coefficient (Wildman–Crippen LogP) is 3.72. The highest BCUT2D eigenvalue weighted by atomic mass is 32.1. The topological polar surface area (TPSA) is 64.8 Å². The first-order chi connectivity index (χ1) is 11.8. The zero-order valence-corrected chi connectivity index (χ0v) is 13.8. The van der Waals surface area contributed by atoms with Crippen LogP contribution in [0.4, 0.5) is 17.2 Å². The fourth-order valence-electron chi connectivity index (χ4n) is 2.87. The van der Waals surface area contributed by atoms with Crippen molar-refractivity contribution in [2.24, 2.45) is 0 Å². The van der Waals surface area contributed by atoms with E-state index in [1.165, 1.54) is 22.3 Å². The molecule has 5 nitrogen and oxygen atoms in total. The maximum atomic E-state index is 9.07. The third-order valence-corrected chi connectivity index (χ3v) is 5.13. The van der Waals surface area contributed by atoms with Crippen LogP contribution < -0.4 is 10.2 Å². The van der Waals surface area contributed by atoms with Gasteiger partial charge in [0, 0.05) is 41.7 Å². The van der Waals surface area contributed by atoms with Crippen LogP contribution in [0.3, 0.4) is 0 Å². The van der Waals surface area contributed by atoms with Crippen molar-refractivity contribution in [3.63, 3.8) is 0 Å². The lowest BCUT2D eigenvalue weighted by Crippen LogP contribution is -2.29. The summed E-state index contributed by atoms with van der Waals surface area (Å²) in [5.41, 5.74) is 3.83. The van der Waals surface area contributed by atoms with Crippen molar-refractivity contribution in [1.82, 2.24) is 9.97 Å². The number of hydrogen-bond acceptors (Lipinski definition) is 6. The normalized spacial score (nSPS) is 13.2. The van der Waals surface area contributed by atoms with E-state index in [-0.39, 0.29) is 0 Å². The van der Waals surface area contributed by atoms with Crippen molar-refractivity contribution in [3.8, 4) is 6.07 Å². The van der Waals surface area contributed by atoms with Crippen molar-refractivity contribution in [2.75, 3.05) is 16.8 Å². The molecule has 1 N–H and O–H groups in total. The Kier molecular flexibility index (Phi) is 3.85. The zero-order valence-electron chi connectivity index (χ0n) is 12.9. The van der Waals surface area contributed by atoms with E-state index < -0.39 is 0 Å². The van der Waals surface area contributed by atoms with Gasteiger partial charge in [-0.25, -0.2) is 9.97 Å². The molecule has 1 aromatic carbocycles. The van der Waals surface area contributed by atoms with E-state index in [9.17, 15) is 0 Å². The van der Waals surface area contributed by atoms with E-state index >= 15 is 0 Å². The van der Waals surface area contributed by atoms with Crippen molar-refractivity contribution in [3.05, 3.63) is 64.2 Å². The maximum absolute atomic E-state index is 9.07. The molecule has 0 saturated carbocycles. The zero-order chi connectivity index (χ0) is 16.4. The average molecular weight is 333 g/mol. The summed E-state index contributed by atoms with van der Waals surface area (Å²) in [6, 6.07) is 12.5. The van der Waals surface area contributed by atoms with E-state index in [0.29, 0.717) is 11.5 Å². The predicted molar refractivity (Wildman–Crippen MR) is 95.5 cm³/mol. The number of thiophene rings is 1. The fraction of sp³-hybridized carbons (Fsp3) is 0.167. The summed E-state index contributed by atoms with van der Waals surface area (Å²) in [6.07, 6.45) is 4.20. The lowest BCUT2D eigenvalue weighted by atomic mass is 10.1. The molecule has 0 amide bonds. The Morgan fingerprint density at radius 1 is 1.12 bits per heavy atom. The van der Waals surface area contributed by atoms with Crippen LogP contribution in [0, 0.1) is 11.3 Å². The third-order valence-electron chi connectivity index (χ3n) is 4.11. The minimum atomic E-state index is 0.294. The second kappa shape index (κ2) is 6.30. The Hall–Kier alpha value is -2.91. The van der Waals surface area contributed by atoms with Crippen LogP contribution in [-0.4, -0.2) is 16.5 Å². The molecule has 118 valence electrons. The first-order valence-corrected chi connectivity index (χ1v) is 8.60. The molecule has 0 aliphatic carbocycles. The number of nitrogens with zero attached hydrogens (tertiary/aromatic N) is 4. The number of fused-ring (bicyclic) bond motifs is 1. The largest absolute Gasteiger partial charge is 0.367 e. The second-order valence-corrected chi connectivity index (χ2v) is 6.58. The van der Waals surface area contributed by atoms with Gasteiger partial charge in [0.15, 0.2) is 11.5 Å². The number of hydrogen-bond donors (Lipinski definition) is 1. The van der Waals surface area contributed by atoms with Gasteiger partial charge in [0.2, 0.25) is 0 Å². The molecule has 0 saturated heterocycles. The molecule has 0 spiro atoms. The van der Waals surface area contributed by atoms with E-state index in [0.717, 1.165) is 25.2 Å². The van der Waals surface area contributed by atoms with Gasteiger partial charge in [-0.05, 0) is 47.7 Å². The monoisotopic (exact) mass is 333 g/mol. The Bertz CT molecular complexity index is 894. The standard InChI is InChI=1S/C18H15N5S/c19-11-16-18(21-8-7-20-16)22-14-1-3-15(4-2-14)23-9-5-17-13(12-23)6-10-24-17/h1-4,6-8,10H,5,9,12H2,(H,21,22). The van der Waals surface area contributed by atoms with E-state index in [1.54, 1.807) is 6.20 Å². The first-order valence-electron chi connectivity index (χ1n) is 7.72. The van der Waals surface area contributed by atoms with Crippen LogP contribution in [0.1, 0.15) is 16.1 Å².